The Labute approximate surface area is 637 Å². The molecule has 2 bridgehead atoms. The van der Waals surface area contributed by atoms with Crippen molar-refractivity contribution in [2.75, 3.05) is 0 Å². The Morgan fingerprint density at radius 1 is 0.376 bits per heavy atom. The second-order valence-electron chi connectivity index (χ2n) is 38.1. The Bertz CT molecular complexity index is 2470. The molecule has 0 aromatic carbocycles. The van der Waals surface area contributed by atoms with Crippen molar-refractivity contribution in [1.82, 2.24) is 10.6 Å². The van der Waals surface area contributed by atoms with Gasteiger partial charge in [-0.25, -0.2) is 0 Å². The standard InChI is InChI=1S/C17H36N2.2C16H28.C14H24.C13H22.C13H20.C9H18S/c1-8-16-15(7)18-12(4)10-11(3)13(5)14(6)19-17(16)9-2;2*1-6-13-8-15-11(4)10(3)12(5)16(15)9-14(13)7-2;1-3-9-8-13-10-5-6-11(7-10)14(13)12(9)4-2;2*1-3-10-8-12-6-5-7-13(12)9-11(10)4-2;1-4-8-6-7(3)10-9(8)5-2/h11-19H,8-10H2,1-7H3;2*11,13-16H,6-9H2,1-5H3;9-14H,3-8H2,1-2H3;5-6,10-13H,3-4,7-9H2,1-2H3;5-6,12-13H,3-4,7-9H2,1-2H3;7-9H,4-6H2,1-3H3/t11?,12?,13?,14?,15?,16-,17-;2*11?,13-,14+,15?,16?;9-,10?,11?,12-,13?,14?;10-,11+,12?,13?;;7?,8-,9-/m00001.1/s1. The summed E-state index contributed by atoms with van der Waals surface area (Å²) in [6.07, 6.45) is 52.3. The maximum atomic E-state index is 3.92. The Morgan fingerprint density at radius 3 is 1.35 bits per heavy atom. The molecule has 20 unspecified atom stereocenters. The molecule has 6 saturated carbocycles. The van der Waals surface area contributed by atoms with E-state index in [9.17, 15) is 0 Å². The zero-order valence-electron chi connectivity index (χ0n) is 72.4. The number of thioether (sulfide) groups is 1. The third-order valence-corrected chi connectivity index (χ3v) is 35.4. The van der Waals surface area contributed by atoms with Gasteiger partial charge in [0.2, 0.25) is 0 Å². The summed E-state index contributed by atoms with van der Waals surface area (Å²) in [5.74, 6) is 25.6. The van der Waals surface area contributed by atoms with Gasteiger partial charge in [0.25, 0.3) is 0 Å². The van der Waals surface area contributed by atoms with Crippen molar-refractivity contribution in [2.24, 2.45) is 154 Å². The van der Waals surface area contributed by atoms with E-state index in [0.717, 1.165) is 153 Å². The van der Waals surface area contributed by atoms with Crippen LogP contribution in [-0.4, -0.2) is 34.7 Å². The summed E-state index contributed by atoms with van der Waals surface area (Å²) in [7, 11) is 0. The molecule has 101 heavy (non-hydrogen) atoms. The molecule has 2 aliphatic heterocycles. The van der Waals surface area contributed by atoms with Crippen molar-refractivity contribution in [1.29, 1.82) is 0 Å². The quantitative estimate of drug-likeness (QED) is 0.170. The first-order chi connectivity index (χ1) is 48.4. The lowest BCUT2D eigenvalue weighted by molar-refractivity contribution is 0.114. The van der Waals surface area contributed by atoms with Gasteiger partial charge in [-0.2, -0.15) is 11.8 Å². The van der Waals surface area contributed by atoms with Crippen molar-refractivity contribution >= 4 is 11.8 Å². The molecule has 8 fully saturated rings. The van der Waals surface area contributed by atoms with E-state index in [1.807, 2.05) is 0 Å². The van der Waals surface area contributed by atoms with Crippen molar-refractivity contribution in [3.05, 3.63) is 57.7 Å². The van der Waals surface area contributed by atoms with Crippen molar-refractivity contribution in [3.63, 3.8) is 0 Å². The minimum absolute atomic E-state index is 0.602. The van der Waals surface area contributed by atoms with Gasteiger partial charge in [-0.15, -0.1) is 0 Å². The van der Waals surface area contributed by atoms with E-state index in [0.29, 0.717) is 24.2 Å². The van der Waals surface area contributed by atoms with Crippen LogP contribution in [0.5, 0.6) is 0 Å². The molecule has 2 saturated heterocycles. The van der Waals surface area contributed by atoms with Crippen LogP contribution in [0.3, 0.4) is 0 Å². The van der Waals surface area contributed by atoms with Crippen LogP contribution in [0.1, 0.15) is 373 Å². The zero-order valence-corrected chi connectivity index (χ0v) is 73.2. The molecule has 32 atom stereocenters. The fourth-order valence-corrected chi connectivity index (χ4v) is 28.1. The van der Waals surface area contributed by atoms with Crippen molar-refractivity contribution in [3.8, 4) is 0 Å². The topological polar surface area (TPSA) is 24.1 Å². The number of nitrogens with one attached hydrogen (secondary N) is 2. The van der Waals surface area contributed by atoms with Gasteiger partial charge in [-0.05, 0) is 331 Å². The van der Waals surface area contributed by atoms with Gasteiger partial charge < -0.3 is 10.6 Å². The largest absolute Gasteiger partial charge is 0.311 e. The first-order valence-electron chi connectivity index (χ1n) is 46.0. The summed E-state index contributed by atoms with van der Waals surface area (Å²) in [6, 6.07) is 2.49. The smallest absolute Gasteiger partial charge is 0.0110 e. The number of hydrogen-bond donors (Lipinski definition) is 2. The van der Waals surface area contributed by atoms with E-state index in [1.165, 1.54) is 179 Å². The monoisotopic (exact) mass is 1410 g/mol. The van der Waals surface area contributed by atoms with Gasteiger partial charge in [-0.1, -0.05) is 254 Å². The summed E-state index contributed by atoms with van der Waals surface area (Å²) in [6.45, 7) is 61.8. The van der Waals surface area contributed by atoms with E-state index < -0.39 is 0 Å². The molecule has 0 spiro atoms. The van der Waals surface area contributed by atoms with E-state index in [-0.39, 0.29) is 0 Å². The Balaban J connectivity index is 0.000000166. The zero-order chi connectivity index (χ0) is 74.1. The second-order valence-corrected chi connectivity index (χ2v) is 39.8. The molecule has 0 radical (unpaired) electrons. The maximum Gasteiger partial charge on any atom is 0.0110 e. The fourth-order valence-electron chi connectivity index (χ4n) is 26.4. The first-order valence-corrected chi connectivity index (χ1v) is 46.9. The van der Waals surface area contributed by atoms with Gasteiger partial charge in [-0.3, -0.25) is 0 Å². The summed E-state index contributed by atoms with van der Waals surface area (Å²) < 4.78 is 0. The predicted molar refractivity (Wildman–Crippen MR) is 453 cm³/mol. The van der Waals surface area contributed by atoms with Crippen LogP contribution in [0.4, 0.5) is 0 Å². The Morgan fingerprint density at radius 2 is 0.851 bits per heavy atom. The molecule has 0 amide bonds. The maximum absolute atomic E-state index is 3.92. The molecule has 2 N–H and O–H groups in total. The first kappa shape index (κ1) is 87.2. The molecule has 13 rings (SSSR count). The third kappa shape index (κ3) is 21.5. The van der Waals surface area contributed by atoms with Crippen LogP contribution in [0, 0.1) is 154 Å². The van der Waals surface area contributed by atoms with E-state index in [2.05, 4.69) is 227 Å². The molecule has 0 aromatic rings. The highest BCUT2D eigenvalue weighted by atomic mass is 32.2. The van der Waals surface area contributed by atoms with Crippen LogP contribution in [0.25, 0.3) is 0 Å². The molecular formula is C98H176N2S. The normalized spacial score (nSPS) is 43.9. The van der Waals surface area contributed by atoms with Gasteiger partial charge >= 0.3 is 0 Å². The Kier molecular flexibility index (Phi) is 36.5. The van der Waals surface area contributed by atoms with Crippen LogP contribution in [0.15, 0.2) is 57.7 Å². The summed E-state index contributed by atoms with van der Waals surface area (Å²) in [5.41, 5.74) is 10.4. The summed E-state index contributed by atoms with van der Waals surface area (Å²) in [5, 5.41) is 9.66. The average molecular weight is 1410 g/mol. The van der Waals surface area contributed by atoms with Gasteiger partial charge in [0.1, 0.15) is 0 Å². The Hall–Kier alpha value is -1.03. The predicted octanol–water partition coefficient (Wildman–Crippen LogP) is 29.4. The lowest BCUT2D eigenvalue weighted by Crippen LogP contribution is -2.53. The summed E-state index contributed by atoms with van der Waals surface area (Å²) >= 11 is 2.20. The number of allylic oxidation sites excluding steroid dienone is 10. The molecule has 3 heteroatoms. The molecular weight excluding hydrogens is 1240 g/mol. The van der Waals surface area contributed by atoms with Gasteiger partial charge in [0, 0.05) is 34.7 Å². The van der Waals surface area contributed by atoms with Crippen molar-refractivity contribution in [2.45, 2.75) is 407 Å². The van der Waals surface area contributed by atoms with E-state index in [4.69, 9.17) is 0 Å². The number of rotatable bonds is 14. The fraction of sp³-hybridized carbons (Fsp3) is 0.898. The van der Waals surface area contributed by atoms with Crippen molar-refractivity contribution < 1.29 is 0 Å². The minimum Gasteiger partial charge on any atom is -0.311 e. The molecule has 11 aliphatic carbocycles. The van der Waals surface area contributed by atoms with Crippen LogP contribution in [-0.2, 0) is 0 Å². The molecule has 584 valence electrons. The molecule has 0 aromatic heterocycles. The third-order valence-electron chi connectivity index (χ3n) is 33.7. The highest BCUT2D eigenvalue weighted by Crippen LogP contribution is 2.64. The minimum atomic E-state index is 0.602. The van der Waals surface area contributed by atoms with Gasteiger partial charge in [0.05, 0.1) is 0 Å². The second kappa shape index (κ2) is 42.2. The van der Waals surface area contributed by atoms with Crippen LogP contribution in [0.2, 0.25) is 0 Å². The highest BCUT2D eigenvalue weighted by molar-refractivity contribution is 8.00. The highest BCUT2D eigenvalue weighted by Gasteiger charge is 2.55. The van der Waals surface area contributed by atoms with E-state index >= 15 is 0 Å². The average Bonchev–Trinajstić information content (AvgIpc) is 1.60. The van der Waals surface area contributed by atoms with Crippen LogP contribution >= 0.6 is 11.8 Å². The lowest BCUT2D eigenvalue weighted by Gasteiger charge is -2.40. The molecule has 2 heterocycles. The SMILES string of the molecule is CCC1=C(CC)CC2CC=CC2C1.CC[C@@H]1CC(C)S[C@@H]1CC.CC[C@@H]1CC2C(C)=C(C)C(C)C2C[C@@H]1CC.CC[C@@H]1CC2C(C)=C(C)C(C)C2C[C@@H]1CC.CC[C@@H]1CC2C=CCC2C[C@@H]1CC.CC[C@@H]1NC(C)C(C)C(C)CC(C)NC(C)[C@@H]1CC.CC[C@H]1CC2C3CCC(C3)C2[C@H]1CC. The summed E-state index contributed by atoms with van der Waals surface area (Å²) in [4.78, 5) is 0. The lowest BCUT2D eigenvalue weighted by atomic mass is 9.65. The molecule has 2 nitrogen and oxygen atoms in total. The molecule has 13 aliphatic rings. The number of hydrogen-bond acceptors (Lipinski definition) is 3. The number of fused-ring (bicyclic) bond motifs is 9. The van der Waals surface area contributed by atoms with Crippen LogP contribution < -0.4 is 10.6 Å². The van der Waals surface area contributed by atoms with E-state index in [1.54, 1.807) is 59.1 Å². The van der Waals surface area contributed by atoms with Gasteiger partial charge in [0.15, 0.2) is 0 Å².